The quantitative estimate of drug-likeness (QED) is 0.0736. The molecule has 12 rings (SSSR count). The molecule has 90 heavy (non-hydrogen) atoms. The molecule has 0 unspecified atom stereocenters. The molecule has 0 aliphatic carbocycles. The second kappa shape index (κ2) is 33.0. The van der Waals surface area contributed by atoms with Gasteiger partial charge in [0.2, 0.25) is 0 Å². The molecule has 448 valence electrons. The highest BCUT2D eigenvalue weighted by Gasteiger charge is 2.12. The zero-order valence-electron chi connectivity index (χ0n) is 50.5. The first-order valence-electron chi connectivity index (χ1n) is 28.6. The first-order valence-corrected chi connectivity index (χ1v) is 29.4. The fourth-order valence-corrected chi connectivity index (χ4v) is 9.43. The second-order valence-electron chi connectivity index (χ2n) is 20.0. The van der Waals surface area contributed by atoms with Gasteiger partial charge < -0.3 is 38.8 Å². The van der Waals surface area contributed by atoms with E-state index in [0.717, 1.165) is 122 Å². The number of carbonyl (C=O) groups is 1. The molecule has 8 heterocycles. The lowest BCUT2D eigenvalue weighted by Crippen LogP contribution is -2.14. The van der Waals surface area contributed by atoms with E-state index in [0.29, 0.717) is 23.8 Å². The average molecular weight is 1250 g/mol. The molecule has 1 amide bonds. The highest BCUT2D eigenvalue weighted by atomic mass is 79.9. The number of halogens is 1. The van der Waals surface area contributed by atoms with Gasteiger partial charge in [0.05, 0.1) is 28.5 Å². The first-order chi connectivity index (χ1) is 43.9. The van der Waals surface area contributed by atoms with E-state index < -0.39 is 5.91 Å². The van der Waals surface area contributed by atoms with Gasteiger partial charge in [-0.05, 0) is 95.2 Å². The number of pyridine rings is 4. The van der Waals surface area contributed by atoms with E-state index in [1.54, 1.807) is 24.3 Å². The summed E-state index contributed by atoms with van der Waals surface area (Å²) in [4.78, 5) is 53.7. The minimum absolute atomic E-state index is 0.298. The third kappa shape index (κ3) is 18.8. The smallest absolute Gasteiger partial charge is 0.270 e. The minimum atomic E-state index is -0.504. The van der Waals surface area contributed by atoms with Crippen molar-refractivity contribution in [1.82, 2.24) is 58.1 Å². The number of aliphatic hydroxyl groups excluding tert-OH is 1. The van der Waals surface area contributed by atoms with Crippen LogP contribution in [0.15, 0.2) is 224 Å². The summed E-state index contributed by atoms with van der Waals surface area (Å²) >= 11 is 3.37. The van der Waals surface area contributed by atoms with Crippen molar-refractivity contribution in [1.29, 1.82) is 0 Å². The normalized spacial score (nSPS) is 10.5. The van der Waals surface area contributed by atoms with Crippen LogP contribution in [0, 0.1) is 13.1 Å². The maximum atomic E-state index is 11.2. The van der Waals surface area contributed by atoms with Crippen molar-refractivity contribution in [3.05, 3.63) is 298 Å². The minimum Gasteiger partial charge on any atom is -0.400 e. The summed E-state index contributed by atoms with van der Waals surface area (Å²) in [5.74, 6) is 4.08. The molecule has 18 heteroatoms. The number of rotatable bonds is 15. The Kier molecular flexibility index (Phi) is 23.7. The van der Waals surface area contributed by atoms with Crippen molar-refractivity contribution in [2.45, 2.75) is 25.7 Å². The van der Waals surface area contributed by atoms with Gasteiger partial charge >= 0.3 is 0 Å². The van der Waals surface area contributed by atoms with Crippen molar-refractivity contribution in [2.75, 3.05) is 7.11 Å². The van der Waals surface area contributed by atoms with Crippen LogP contribution in [-0.2, 0) is 53.9 Å². The van der Waals surface area contributed by atoms with Crippen molar-refractivity contribution in [3.8, 4) is 45.0 Å². The summed E-state index contributed by atoms with van der Waals surface area (Å²) < 4.78 is 8.89. The van der Waals surface area contributed by atoms with E-state index in [1.807, 2.05) is 237 Å². The van der Waals surface area contributed by atoms with E-state index in [4.69, 9.17) is 34.0 Å². The number of benzene rings is 4. The van der Waals surface area contributed by atoms with Crippen LogP contribution < -0.4 is 5.73 Å². The van der Waals surface area contributed by atoms with Crippen LogP contribution in [-0.4, -0.2) is 76.3 Å². The van der Waals surface area contributed by atoms with E-state index in [2.05, 4.69) is 84.4 Å². The van der Waals surface area contributed by atoms with Crippen molar-refractivity contribution in [2.24, 2.45) is 33.9 Å². The van der Waals surface area contributed by atoms with Gasteiger partial charge in [-0.3, -0.25) is 4.79 Å². The molecule has 0 saturated carbocycles. The molecule has 3 N–H and O–H groups in total. The van der Waals surface area contributed by atoms with Gasteiger partial charge in [-0.25, -0.2) is 29.9 Å². The fourth-order valence-electron chi connectivity index (χ4n) is 9.07. The van der Waals surface area contributed by atoms with Gasteiger partial charge in [0.1, 0.15) is 39.3 Å². The van der Waals surface area contributed by atoms with Crippen LogP contribution in [0.3, 0.4) is 0 Å². The predicted molar refractivity (Wildman–Crippen MR) is 361 cm³/mol. The number of hydrogen-bond acceptors (Lipinski definition) is 10. The van der Waals surface area contributed by atoms with E-state index in [9.17, 15) is 4.79 Å². The molecule has 0 saturated heterocycles. The molecule has 0 aliphatic rings. The van der Waals surface area contributed by atoms with Crippen LogP contribution in [0.1, 0.15) is 56.6 Å². The molecule has 0 bridgehead atoms. The van der Waals surface area contributed by atoms with Crippen LogP contribution in [0.4, 0.5) is 11.6 Å². The number of aromatic nitrogens is 12. The van der Waals surface area contributed by atoms with Gasteiger partial charge in [-0.2, -0.15) is 0 Å². The van der Waals surface area contributed by atoms with E-state index >= 15 is 0 Å². The average Bonchev–Trinajstić information content (AvgIpc) is 2.79. The Morgan fingerprint density at radius 2 is 0.789 bits per heavy atom. The fraction of sp³-hybridized carbons (Fsp3) is 0.125. The maximum Gasteiger partial charge on any atom is 0.270 e. The standard InChI is InChI=1S/C18H18N4O.C18H16N4.C18H14N4.C17H14BrN3.CH4O/c1-22-12-16(13-6-3-2-4-7-13)21-17(22)11-10-14-8-5-9-15(20-14)18(19)23;2*1-19-17-10-6-9-15(20-17)11-12-18-21-16(13-22(18)2)14-7-4-3-5-8-14;1-21-12-15(13-6-3-2-4-7-13)20-17(21)11-10-14-8-5-9-16(18)19-14;1-2/h2-9,12H,10-11H2,1H3,(H2,19,23);3-10,13H,11-12H2,2H3;3-13H,2H3;2-12H,1H3;2H,1H3/b;;12-11+;11-10+;. The van der Waals surface area contributed by atoms with Crippen molar-refractivity contribution < 1.29 is 9.90 Å². The molecule has 0 aliphatic heterocycles. The molecular weight excluding hydrogens is 1190 g/mol. The van der Waals surface area contributed by atoms with Crippen molar-refractivity contribution in [3.63, 3.8) is 0 Å². The number of nitrogens with two attached hydrogens (primary N) is 1. The maximum absolute atomic E-state index is 11.2. The number of hydrogen-bond donors (Lipinski definition) is 2. The Morgan fingerprint density at radius 1 is 0.422 bits per heavy atom. The zero-order chi connectivity index (χ0) is 63.6. The van der Waals surface area contributed by atoms with Gasteiger partial charge in [-0.15, -0.1) is 9.97 Å². The Balaban J connectivity index is 0.000000153. The summed E-state index contributed by atoms with van der Waals surface area (Å²) in [6.45, 7) is 14.0. The number of aliphatic hydroxyl groups is 1. The number of primary amides is 1. The molecular formula is C72H66BrN15O2. The Bertz CT molecular complexity index is 4410. The van der Waals surface area contributed by atoms with Gasteiger partial charge in [-0.1, -0.05) is 159 Å². The molecule has 0 radical (unpaired) electrons. The summed E-state index contributed by atoms with van der Waals surface area (Å²) in [6.07, 6.45) is 18.9. The zero-order valence-corrected chi connectivity index (χ0v) is 52.1. The second-order valence-corrected chi connectivity index (χ2v) is 20.8. The number of carbonyl (C=O) groups excluding carboxylic acids is 1. The summed E-state index contributed by atoms with van der Waals surface area (Å²) in [5.41, 5.74) is 17.3. The van der Waals surface area contributed by atoms with Gasteiger partial charge in [0.25, 0.3) is 17.5 Å². The Morgan fingerprint density at radius 3 is 1.21 bits per heavy atom. The number of imidazole rings is 4. The van der Waals surface area contributed by atoms with E-state index in [1.165, 1.54) is 0 Å². The summed E-state index contributed by atoms with van der Waals surface area (Å²) in [6, 6.07) is 62.6. The Hall–Kier alpha value is -11.3. The number of aryl methyl sites for hydroxylation is 8. The summed E-state index contributed by atoms with van der Waals surface area (Å²) in [5, 5.41) is 7.00. The molecule has 0 spiro atoms. The monoisotopic (exact) mass is 1250 g/mol. The third-order valence-corrected chi connectivity index (χ3v) is 14.1. The molecule has 8 aromatic heterocycles. The molecule has 4 aromatic carbocycles. The SMILES string of the molecule is CO.Cn1cc(-c2ccccc2)nc1/C=C/c1cccc(Br)n1.Cn1cc(-c2ccccc2)nc1CCc1cccc(C(N)=O)n1.[C-]#[N+]c1cccc(/C=C/c2nc(-c3ccccc3)cn2C)n1.[C-]#[N+]c1cccc(CCc2nc(-c3ccccc3)cn2C)n1. The molecule has 0 fully saturated rings. The number of nitrogens with zero attached hydrogens (tertiary/aromatic N) is 14. The molecule has 0 atom stereocenters. The summed E-state index contributed by atoms with van der Waals surface area (Å²) in [7, 11) is 8.95. The van der Waals surface area contributed by atoms with E-state index in [-0.39, 0.29) is 0 Å². The highest BCUT2D eigenvalue weighted by Crippen LogP contribution is 2.23. The Labute approximate surface area is 532 Å². The van der Waals surface area contributed by atoms with Gasteiger partial charge in [0, 0.05) is 107 Å². The predicted octanol–water partition coefficient (Wildman–Crippen LogP) is 14.4. The third-order valence-electron chi connectivity index (χ3n) is 13.6. The number of amides is 1. The lowest BCUT2D eigenvalue weighted by Gasteiger charge is -2.03. The van der Waals surface area contributed by atoms with Gasteiger partial charge in [0.15, 0.2) is 5.69 Å². The molecule has 12 aromatic rings. The highest BCUT2D eigenvalue weighted by molar-refractivity contribution is 9.10. The van der Waals surface area contributed by atoms with Crippen LogP contribution in [0.5, 0.6) is 0 Å². The topological polar surface area (TPSA) is 195 Å². The lowest BCUT2D eigenvalue weighted by molar-refractivity contribution is 0.0995. The van der Waals surface area contributed by atoms with Crippen molar-refractivity contribution >= 4 is 57.8 Å². The lowest BCUT2D eigenvalue weighted by atomic mass is 10.2. The van der Waals surface area contributed by atoms with Crippen LogP contribution in [0.25, 0.3) is 79.0 Å². The van der Waals surface area contributed by atoms with Crippen LogP contribution >= 0.6 is 15.9 Å². The largest absolute Gasteiger partial charge is 0.400 e. The van der Waals surface area contributed by atoms with Crippen LogP contribution in [0.2, 0.25) is 0 Å². The first kappa shape index (κ1) is 64.7. The molecule has 17 nitrogen and oxygen atoms in total.